The van der Waals surface area contributed by atoms with Crippen LogP contribution in [0.5, 0.6) is 0 Å². The van der Waals surface area contributed by atoms with E-state index >= 15 is 0 Å². The van der Waals surface area contributed by atoms with Gasteiger partial charge in [-0.05, 0) is 93.5 Å². The zero-order valence-corrected chi connectivity index (χ0v) is 24.6. The highest BCUT2D eigenvalue weighted by Gasteiger charge is 2.56. The van der Waals surface area contributed by atoms with Crippen molar-refractivity contribution in [3.63, 3.8) is 0 Å². The summed E-state index contributed by atoms with van der Waals surface area (Å²) in [4.78, 5) is 19.4. The van der Waals surface area contributed by atoms with E-state index in [4.69, 9.17) is 4.74 Å². The first-order valence-electron chi connectivity index (χ1n) is 14.4. The van der Waals surface area contributed by atoms with Crippen LogP contribution in [0.25, 0.3) is 0 Å². The monoisotopic (exact) mass is 615 g/mol. The molecule has 5 nitrogen and oxygen atoms in total. The number of carbonyl (C=O) groups excluding carboxylic acids is 1. The summed E-state index contributed by atoms with van der Waals surface area (Å²) in [5, 5.41) is 0. The molecule has 2 unspecified atom stereocenters. The van der Waals surface area contributed by atoms with Gasteiger partial charge in [0.15, 0.2) is 0 Å². The lowest BCUT2D eigenvalue weighted by Gasteiger charge is -2.54. The minimum Gasteiger partial charge on any atom is -0.378 e. The third-order valence-electron chi connectivity index (χ3n) is 9.80. The maximum absolute atomic E-state index is 14.1. The molecule has 4 atom stereocenters. The zero-order valence-electron chi connectivity index (χ0n) is 24.6. The number of hydrogen-bond acceptors (Lipinski definition) is 3. The standard InChI is InChI=1S/C31H36F7N3O2/c1-19-13-24(32)5-6-25(19)26-17-29(8-7-28(3)18-43-12-11-41(28)29)9-10-40(26)27(42)39(4)20(2)21-14-22(30(33,34)35)16-23(15-21)31(36,37)38/h5-6,13-16,20,26H,7-12,17-18H2,1-4H3/t20?,26-,28-,29?/m1/s1. The van der Waals surface area contributed by atoms with Crippen LogP contribution < -0.4 is 0 Å². The lowest BCUT2D eigenvalue weighted by atomic mass is 9.78. The minimum absolute atomic E-state index is 0.0798. The molecular formula is C31H36F7N3O2. The van der Waals surface area contributed by atoms with Crippen LogP contribution in [-0.2, 0) is 17.1 Å². The Morgan fingerprint density at radius 2 is 1.65 bits per heavy atom. The topological polar surface area (TPSA) is 36.0 Å². The van der Waals surface area contributed by atoms with Gasteiger partial charge in [-0.25, -0.2) is 9.18 Å². The third-order valence-corrected chi connectivity index (χ3v) is 9.80. The number of ether oxygens (including phenoxy) is 1. The van der Waals surface area contributed by atoms with Crippen molar-refractivity contribution < 1.29 is 40.3 Å². The summed E-state index contributed by atoms with van der Waals surface area (Å²) in [5.41, 5.74) is -2.09. The number of hydrogen-bond donors (Lipinski definition) is 0. The van der Waals surface area contributed by atoms with Crippen LogP contribution in [0.2, 0.25) is 0 Å². The molecule has 3 heterocycles. The molecule has 0 aliphatic carbocycles. The number of morpholine rings is 1. The Labute approximate surface area is 246 Å². The van der Waals surface area contributed by atoms with Crippen LogP contribution in [0.15, 0.2) is 36.4 Å². The van der Waals surface area contributed by atoms with Crippen molar-refractivity contribution >= 4 is 6.03 Å². The molecule has 5 rings (SSSR count). The molecule has 2 amide bonds. The number of benzene rings is 2. The molecule has 236 valence electrons. The van der Waals surface area contributed by atoms with Gasteiger partial charge in [0.2, 0.25) is 0 Å². The highest BCUT2D eigenvalue weighted by molar-refractivity contribution is 5.75. The first-order chi connectivity index (χ1) is 19.9. The van der Waals surface area contributed by atoms with Gasteiger partial charge < -0.3 is 14.5 Å². The zero-order chi connectivity index (χ0) is 31.5. The van der Waals surface area contributed by atoms with Crippen LogP contribution in [0.1, 0.15) is 79.4 Å². The van der Waals surface area contributed by atoms with Crippen LogP contribution in [0.3, 0.4) is 0 Å². The van der Waals surface area contributed by atoms with Gasteiger partial charge in [-0.15, -0.1) is 0 Å². The average Bonchev–Trinajstić information content (AvgIpc) is 3.22. The van der Waals surface area contributed by atoms with E-state index in [1.54, 1.807) is 17.9 Å². The van der Waals surface area contributed by atoms with Crippen LogP contribution >= 0.6 is 0 Å². The minimum atomic E-state index is -5.00. The number of fused-ring (bicyclic) bond motifs is 2. The molecule has 0 bridgehead atoms. The van der Waals surface area contributed by atoms with Gasteiger partial charge in [0.25, 0.3) is 0 Å². The number of halogens is 7. The molecule has 0 aromatic heterocycles. The number of amides is 2. The van der Waals surface area contributed by atoms with Crippen molar-refractivity contribution in [1.29, 1.82) is 0 Å². The number of nitrogens with zero attached hydrogens (tertiary/aromatic N) is 3. The van der Waals surface area contributed by atoms with Gasteiger partial charge in [-0.3, -0.25) is 4.90 Å². The summed E-state index contributed by atoms with van der Waals surface area (Å²) in [6.45, 7) is 7.62. The number of aryl methyl sites for hydroxylation is 1. The molecule has 2 aromatic rings. The molecule has 12 heteroatoms. The number of carbonyl (C=O) groups is 1. The summed E-state index contributed by atoms with van der Waals surface area (Å²) < 4.78 is 101. The Bertz CT molecular complexity index is 1350. The number of likely N-dealkylation sites (tertiary alicyclic amines) is 1. The second-order valence-electron chi connectivity index (χ2n) is 12.5. The Morgan fingerprint density at radius 3 is 2.26 bits per heavy atom. The predicted octanol–water partition coefficient (Wildman–Crippen LogP) is 7.75. The SMILES string of the molecule is Cc1cc(F)ccc1[C@H]1CC2(CCN1C(=O)N(C)C(C)c1cc(C(F)(F)F)cc(C(F)(F)F)c1)CC[C@]1(C)COCCN21. The number of urea groups is 1. The van der Waals surface area contributed by atoms with Gasteiger partial charge in [0.1, 0.15) is 5.82 Å². The van der Waals surface area contributed by atoms with E-state index in [9.17, 15) is 35.5 Å². The lowest BCUT2D eigenvalue weighted by molar-refractivity contribution is -0.143. The van der Waals surface area contributed by atoms with E-state index in [-0.39, 0.29) is 22.7 Å². The Kier molecular flexibility index (Phi) is 8.03. The van der Waals surface area contributed by atoms with E-state index in [0.717, 1.165) is 24.9 Å². The van der Waals surface area contributed by atoms with E-state index in [0.29, 0.717) is 50.3 Å². The smallest absolute Gasteiger partial charge is 0.378 e. The van der Waals surface area contributed by atoms with Crippen molar-refractivity contribution in [2.24, 2.45) is 0 Å². The van der Waals surface area contributed by atoms with Gasteiger partial charge in [0, 0.05) is 31.2 Å². The number of rotatable bonds is 3. The number of piperidine rings is 1. The van der Waals surface area contributed by atoms with Crippen molar-refractivity contribution in [2.45, 2.75) is 82.0 Å². The summed E-state index contributed by atoms with van der Waals surface area (Å²) in [7, 11) is 1.38. The first-order valence-corrected chi connectivity index (χ1v) is 14.4. The normalized spacial score (nSPS) is 27.3. The van der Waals surface area contributed by atoms with Crippen LogP contribution in [0, 0.1) is 12.7 Å². The van der Waals surface area contributed by atoms with Gasteiger partial charge in [-0.1, -0.05) is 6.07 Å². The quantitative estimate of drug-likeness (QED) is 0.332. The van der Waals surface area contributed by atoms with E-state index in [1.165, 1.54) is 31.0 Å². The van der Waals surface area contributed by atoms with Crippen molar-refractivity contribution in [2.75, 3.05) is 33.4 Å². The fraction of sp³-hybridized carbons (Fsp3) is 0.581. The largest absolute Gasteiger partial charge is 0.416 e. The van der Waals surface area contributed by atoms with E-state index < -0.39 is 47.4 Å². The molecule has 3 aliphatic heterocycles. The van der Waals surface area contributed by atoms with Crippen LogP contribution in [-0.4, -0.2) is 65.2 Å². The average molecular weight is 616 g/mol. The molecule has 2 aromatic carbocycles. The molecule has 3 aliphatic rings. The molecule has 1 spiro atoms. The second-order valence-corrected chi connectivity index (χ2v) is 12.5. The molecular weight excluding hydrogens is 579 g/mol. The highest BCUT2D eigenvalue weighted by atomic mass is 19.4. The molecule has 43 heavy (non-hydrogen) atoms. The lowest BCUT2D eigenvalue weighted by Crippen LogP contribution is -2.62. The molecule has 3 fully saturated rings. The van der Waals surface area contributed by atoms with Gasteiger partial charge in [0.05, 0.1) is 36.4 Å². The fourth-order valence-electron chi connectivity index (χ4n) is 7.31. The Hall–Kier alpha value is -2.86. The Balaban J connectivity index is 1.49. The summed E-state index contributed by atoms with van der Waals surface area (Å²) in [6, 6.07) is 3.70. The second kappa shape index (κ2) is 10.9. The fourth-order valence-corrected chi connectivity index (χ4v) is 7.31. The summed E-state index contributed by atoms with van der Waals surface area (Å²) in [6.07, 6.45) is -6.98. The summed E-state index contributed by atoms with van der Waals surface area (Å²) >= 11 is 0. The van der Waals surface area contributed by atoms with Crippen molar-refractivity contribution in [1.82, 2.24) is 14.7 Å². The maximum atomic E-state index is 14.1. The maximum Gasteiger partial charge on any atom is 0.416 e. The van der Waals surface area contributed by atoms with Crippen molar-refractivity contribution in [3.05, 3.63) is 70.0 Å². The number of alkyl halides is 6. The van der Waals surface area contributed by atoms with Gasteiger partial charge >= 0.3 is 18.4 Å². The van der Waals surface area contributed by atoms with Crippen LogP contribution in [0.4, 0.5) is 35.5 Å². The summed E-state index contributed by atoms with van der Waals surface area (Å²) in [5.74, 6) is -0.415. The third kappa shape index (κ3) is 5.84. The highest BCUT2D eigenvalue weighted by Crippen LogP contribution is 2.52. The van der Waals surface area contributed by atoms with Gasteiger partial charge in [-0.2, -0.15) is 26.3 Å². The first kappa shape index (κ1) is 31.6. The molecule has 0 radical (unpaired) electrons. The van der Waals surface area contributed by atoms with E-state index in [2.05, 4.69) is 11.8 Å². The molecule has 0 saturated carbocycles. The molecule has 0 N–H and O–H groups in total. The van der Waals surface area contributed by atoms with Crippen molar-refractivity contribution in [3.8, 4) is 0 Å². The van der Waals surface area contributed by atoms with E-state index in [1.807, 2.05) is 0 Å². The Morgan fingerprint density at radius 1 is 1.00 bits per heavy atom. The molecule has 3 saturated heterocycles. The predicted molar refractivity (Wildman–Crippen MR) is 146 cm³/mol.